The van der Waals surface area contributed by atoms with Crippen molar-refractivity contribution < 1.29 is 14.3 Å². The number of anilines is 1. The molecule has 0 saturated heterocycles. The van der Waals surface area contributed by atoms with E-state index < -0.39 is 0 Å². The van der Waals surface area contributed by atoms with Crippen LogP contribution in [0.2, 0.25) is 0 Å². The molecule has 5 nitrogen and oxygen atoms in total. The van der Waals surface area contributed by atoms with Crippen LogP contribution >= 0.6 is 11.3 Å². The Morgan fingerprint density at radius 1 is 0.962 bits per heavy atom. The van der Waals surface area contributed by atoms with Gasteiger partial charge >= 0.3 is 0 Å². The summed E-state index contributed by atoms with van der Waals surface area (Å²) in [5.74, 6) is 0.587. The van der Waals surface area contributed by atoms with Crippen LogP contribution in [0.4, 0.5) is 5.13 Å². The molecule has 1 aromatic heterocycles. The summed E-state index contributed by atoms with van der Waals surface area (Å²) in [7, 11) is 3.05. The number of carbonyl (C=O) groups excluding carboxylic acids is 1. The molecule has 0 radical (unpaired) electrons. The van der Waals surface area contributed by atoms with Crippen molar-refractivity contribution in [2.45, 2.75) is 0 Å². The molecule has 1 amide bonds. The lowest BCUT2D eigenvalue weighted by Gasteiger charge is -2.11. The van der Waals surface area contributed by atoms with E-state index in [1.54, 1.807) is 18.2 Å². The number of methoxy groups -OCH3 is 2. The summed E-state index contributed by atoms with van der Waals surface area (Å²) < 4.78 is 11.7. The lowest BCUT2D eigenvalue weighted by atomic mass is 10.1. The number of carbonyl (C=O) groups is 1. The van der Waals surface area contributed by atoms with Gasteiger partial charge in [0.25, 0.3) is 5.91 Å². The Labute approximate surface area is 154 Å². The third-order valence-electron chi connectivity index (χ3n) is 4.15. The van der Waals surface area contributed by atoms with E-state index in [2.05, 4.69) is 22.4 Å². The second kappa shape index (κ2) is 6.65. The fourth-order valence-corrected chi connectivity index (χ4v) is 3.94. The van der Waals surface area contributed by atoms with Gasteiger partial charge in [-0.05, 0) is 23.6 Å². The summed E-state index contributed by atoms with van der Waals surface area (Å²) in [6, 6.07) is 17.4. The third kappa shape index (κ3) is 2.74. The average Bonchev–Trinajstić information content (AvgIpc) is 3.10. The Hall–Kier alpha value is -3.12. The van der Waals surface area contributed by atoms with Crippen LogP contribution in [0.3, 0.4) is 0 Å². The summed E-state index contributed by atoms with van der Waals surface area (Å²) in [5, 5.41) is 5.68. The number of aromatic nitrogens is 1. The van der Waals surface area contributed by atoms with Gasteiger partial charge in [-0.2, -0.15) is 0 Å². The summed E-state index contributed by atoms with van der Waals surface area (Å²) in [6.45, 7) is 0. The molecule has 4 aromatic rings. The number of benzene rings is 3. The molecule has 3 aromatic carbocycles. The largest absolute Gasteiger partial charge is 0.496 e. The van der Waals surface area contributed by atoms with E-state index in [1.807, 2.05) is 24.3 Å². The van der Waals surface area contributed by atoms with Crippen LogP contribution in [-0.4, -0.2) is 25.1 Å². The summed E-state index contributed by atoms with van der Waals surface area (Å²) >= 11 is 1.45. The summed E-state index contributed by atoms with van der Waals surface area (Å²) in [6.07, 6.45) is 0. The first kappa shape index (κ1) is 16.4. The van der Waals surface area contributed by atoms with E-state index in [0.29, 0.717) is 22.2 Å². The molecule has 0 spiro atoms. The maximum absolute atomic E-state index is 12.8. The van der Waals surface area contributed by atoms with Crippen LogP contribution < -0.4 is 14.8 Å². The Bertz CT molecular complexity index is 1100. The first-order chi connectivity index (χ1) is 12.7. The van der Waals surface area contributed by atoms with Crippen molar-refractivity contribution in [1.82, 2.24) is 4.98 Å². The number of hydrogen-bond donors (Lipinski definition) is 1. The van der Waals surface area contributed by atoms with E-state index in [1.165, 1.54) is 25.6 Å². The SMILES string of the molecule is COc1cccc(OC)c1C(=O)Nc1nc2ccc3ccccc3c2s1. The number of rotatable bonds is 4. The van der Waals surface area contributed by atoms with Gasteiger partial charge < -0.3 is 9.47 Å². The zero-order valence-corrected chi connectivity index (χ0v) is 15.1. The summed E-state index contributed by atoms with van der Waals surface area (Å²) in [5.41, 5.74) is 1.21. The Morgan fingerprint density at radius 2 is 1.69 bits per heavy atom. The number of hydrogen-bond acceptors (Lipinski definition) is 5. The number of nitrogens with zero attached hydrogens (tertiary/aromatic N) is 1. The molecule has 0 aliphatic heterocycles. The van der Waals surface area contributed by atoms with Gasteiger partial charge in [0.05, 0.1) is 24.4 Å². The molecule has 6 heteroatoms. The highest BCUT2D eigenvalue weighted by atomic mass is 32.1. The number of thiazole rings is 1. The lowest BCUT2D eigenvalue weighted by Crippen LogP contribution is -2.14. The van der Waals surface area contributed by atoms with Crippen molar-refractivity contribution in [2.24, 2.45) is 0 Å². The van der Waals surface area contributed by atoms with Gasteiger partial charge in [0.1, 0.15) is 17.1 Å². The normalized spacial score (nSPS) is 10.8. The fourth-order valence-electron chi connectivity index (χ4n) is 2.94. The van der Waals surface area contributed by atoms with Crippen molar-refractivity contribution in [1.29, 1.82) is 0 Å². The van der Waals surface area contributed by atoms with Gasteiger partial charge in [0, 0.05) is 5.39 Å². The molecule has 0 unspecified atom stereocenters. The van der Waals surface area contributed by atoms with Gasteiger partial charge in [0.15, 0.2) is 5.13 Å². The predicted octanol–water partition coefficient (Wildman–Crippen LogP) is 4.72. The minimum atomic E-state index is -0.317. The maximum Gasteiger partial charge on any atom is 0.265 e. The zero-order chi connectivity index (χ0) is 18.1. The van der Waals surface area contributed by atoms with Crippen LogP contribution in [0.25, 0.3) is 21.0 Å². The van der Waals surface area contributed by atoms with Crippen molar-refractivity contribution in [2.75, 3.05) is 19.5 Å². The molecule has 1 N–H and O–H groups in total. The molecule has 4 rings (SSSR count). The monoisotopic (exact) mass is 364 g/mol. The van der Waals surface area contributed by atoms with E-state index in [0.717, 1.165) is 21.0 Å². The molecule has 0 atom stereocenters. The van der Waals surface area contributed by atoms with E-state index >= 15 is 0 Å². The third-order valence-corrected chi connectivity index (χ3v) is 5.17. The van der Waals surface area contributed by atoms with Crippen LogP contribution in [0.5, 0.6) is 11.5 Å². The minimum Gasteiger partial charge on any atom is -0.496 e. The molecule has 0 fully saturated rings. The molecular formula is C20H16N2O3S. The van der Waals surface area contributed by atoms with Gasteiger partial charge in [-0.15, -0.1) is 0 Å². The Balaban J connectivity index is 1.74. The second-order valence-electron chi connectivity index (χ2n) is 5.65. The van der Waals surface area contributed by atoms with Crippen molar-refractivity contribution in [3.05, 3.63) is 60.2 Å². The standard InChI is InChI=1S/C20H16N2O3S/c1-24-15-8-5-9-16(25-2)17(15)19(23)22-20-21-14-11-10-12-6-3-4-7-13(12)18(14)26-20/h3-11H,1-2H3,(H,21,22,23). The molecule has 0 bridgehead atoms. The minimum absolute atomic E-state index is 0.317. The topological polar surface area (TPSA) is 60.5 Å². The van der Waals surface area contributed by atoms with Crippen LogP contribution in [0.1, 0.15) is 10.4 Å². The number of amides is 1. The molecule has 26 heavy (non-hydrogen) atoms. The van der Waals surface area contributed by atoms with E-state index in [4.69, 9.17) is 9.47 Å². The second-order valence-corrected chi connectivity index (χ2v) is 6.64. The Morgan fingerprint density at radius 3 is 2.42 bits per heavy atom. The van der Waals surface area contributed by atoms with E-state index in [-0.39, 0.29) is 5.91 Å². The quantitative estimate of drug-likeness (QED) is 0.569. The summed E-state index contributed by atoms with van der Waals surface area (Å²) in [4.78, 5) is 17.4. The lowest BCUT2D eigenvalue weighted by molar-refractivity contribution is 0.102. The molecule has 0 saturated carbocycles. The van der Waals surface area contributed by atoms with Crippen LogP contribution in [-0.2, 0) is 0 Å². The number of nitrogens with one attached hydrogen (secondary N) is 1. The molecule has 0 aliphatic carbocycles. The number of ether oxygens (including phenoxy) is 2. The highest BCUT2D eigenvalue weighted by Crippen LogP contribution is 2.34. The highest BCUT2D eigenvalue weighted by Gasteiger charge is 2.19. The predicted molar refractivity (Wildman–Crippen MR) is 105 cm³/mol. The van der Waals surface area contributed by atoms with Crippen LogP contribution in [0.15, 0.2) is 54.6 Å². The zero-order valence-electron chi connectivity index (χ0n) is 14.3. The van der Waals surface area contributed by atoms with Gasteiger partial charge in [-0.1, -0.05) is 47.7 Å². The molecule has 130 valence electrons. The van der Waals surface area contributed by atoms with Crippen molar-refractivity contribution in [3.63, 3.8) is 0 Å². The number of fused-ring (bicyclic) bond motifs is 3. The molecular weight excluding hydrogens is 348 g/mol. The maximum atomic E-state index is 12.8. The molecule has 0 aliphatic rings. The van der Waals surface area contributed by atoms with Gasteiger partial charge in [0.2, 0.25) is 0 Å². The first-order valence-electron chi connectivity index (χ1n) is 8.02. The van der Waals surface area contributed by atoms with Crippen molar-refractivity contribution in [3.8, 4) is 11.5 Å². The van der Waals surface area contributed by atoms with Crippen molar-refractivity contribution >= 4 is 43.4 Å². The molecule has 1 heterocycles. The fraction of sp³-hybridized carbons (Fsp3) is 0.100. The highest BCUT2D eigenvalue weighted by molar-refractivity contribution is 7.23. The van der Waals surface area contributed by atoms with Crippen LogP contribution in [0, 0.1) is 0 Å². The average molecular weight is 364 g/mol. The Kier molecular flexibility index (Phi) is 4.18. The van der Waals surface area contributed by atoms with Gasteiger partial charge in [-0.25, -0.2) is 4.98 Å². The van der Waals surface area contributed by atoms with Gasteiger partial charge in [-0.3, -0.25) is 10.1 Å². The van der Waals surface area contributed by atoms with E-state index in [9.17, 15) is 4.79 Å². The first-order valence-corrected chi connectivity index (χ1v) is 8.83. The smallest absolute Gasteiger partial charge is 0.265 e.